The largest absolute Gasteiger partial charge is 0.399 e. The fourth-order valence-electron chi connectivity index (χ4n) is 0.699. The van der Waals surface area contributed by atoms with Crippen LogP contribution in [0.25, 0.3) is 0 Å². The first-order valence-electron chi connectivity index (χ1n) is 5.26. The topological polar surface area (TPSA) is 52.0 Å². The van der Waals surface area contributed by atoms with Crippen LogP contribution in [0.2, 0.25) is 0 Å². The van der Waals surface area contributed by atoms with Gasteiger partial charge in [0.15, 0.2) is 0 Å². The molecule has 90 valence electrons. The number of hydrogen-bond donors (Lipinski definition) is 3. The number of thiol groups is 1. The Bertz CT molecular complexity index is 225. The van der Waals surface area contributed by atoms with E-state index in [1.807, 2.05) is 46.8 Å². The predicted molar refractivity (Wildman–Crippen MR) is 77.6 cm³/mol. The number of nitrogen functional groups attached to an aromatic ring is 2. The lowest BCUT2D eigenvalue weighted by atomic mass is 10.2. The molecule has 0 aliphatic rings. The van der Waals surface area contributed by atoms with Crippen LogP contribution in [0.4, 0.5) is 11.4 Å². The van der Waals surface area contributed by atoms with Crippen LogP contribution in [0, 0.1) is 6.92 Å². The molecule has 0 aliphatic heterocycles. The van der Waals surface area contributed by atoms with Crippen molar-refractivity contribution in [3.05, 3.63) is 23.8 Å². The summed E-state index contributed by atoms with van der Waals surface area (Å²) in [6, 6.07) is 5.46. The summed E-state index contributed by atoms with van der Waals surface area (Å²) < 4.78 is 0. The lowest BCUT2D eigenvalue weighted by molar-refractivity contribution is 1.47. The van der Waals surface area contributed by atoms with Gasteiger partial charge in [0.2, 0.25) is 0 Å². The van der Waals surface area contributed by atoms with Crippen LogP contribution in [0.3, 0.4) is 0 Å². The normalized spacial score (nSPS) is 6.87. The van der Waals surface area contributed by atoms with Crippen LogP contribution in [0.5, 0.6) is 0 Å². The molecule has 0 saturated carbocycles. The molecular formula is C12H26N2S. The molecule has 4 N–H and O–H groups in total. The SMILES string of the molecule is CC.CC.CS.Cc1cc(N)ccc1N. The van der Waals surface area contributed by atoms with Crippen LogP contribution in [-0.2, 0) is 0 Å². The minimum Gasteiger partial charge on any atom is -0.399 e. The van der Waals surface area contributed by atoms with E-state index in [4.69, 9.17) is 11.5 Å². The molecule has 3 heteroatoms. The third kappa shape index (κ3) is 11.1. The van der Waals surface area contributed by atoms with Gasteiger partial charge in [0.25, 0.3) is 0 Å². The number of rotatable bonds is 0. The van der Waals surface area contributed by atoms with Gasteiger partial charge in [-0.25, -0.2) is 0 Å². The van der Waals surface area contributed by atoms with E-state index >= 15 is 0 Å². The van der Waals surface area contributed by atoms with E-state index in [9.17, 15) is 0 Å². The highest BCUT2D eigenvalue weighted by molar-refractivity contribution is 7.79. The number of hydrogen-bond acceptors (Lipinski definition) is 3. The summed E-state index contributed by atoms with van der Waals surface area (Å²) in [4.78, 5) is 0. The summed E-state index contributed by atoms with van der Waals surface area (Å²) >= 11 is 3.53. The number of benzene rings is 1. The molecule has 1 aromatic rings. The lowest BCUT2D eigenvalue weighted by Crippen LogP contribution is -1.91. The van der Waals surface area contributed by atoms with Gasteiger partial charge in [-0.1, -0.05) is 27.7 Å². The Hall–Kier alpha value is -0.830. The van der Waals surface area contributed by atoms with E-state index in [1.165, 1.54) is 0 Å². The van der Waals surface area contributed by atoms with Crippen molar-refractivity contribution in [2.75, 3.05) is 17.7 Å². The van der Waals surface area contributed by atoms with Gasteiger partial charge in [0.1, 0.15) is 0 Å². The minimum atomic E-state index is 0.765. The Labute approximate surface area is 100 Å². The average Bonchev–Trinajstić information content (AvgIpc) is 2.32. The fourth-order valence-corrected chi connectivity index (χ4v) is 0.699. The molecule has 1 rings (SSSR count). The Morgan fingerprint density at radius 1 is 0.933 bits per heavy atom. The summed E-state index contributed by atoms with van der Waals surface area (Å²) in [7, 11) is 0. The van der Waals surface area contributed by atoms with E-state index in [0.29, 0.717) is 0 Å². The molecule has 0 bridgehead atoms. The van der Waals surface area contributed by atoms with E-state index in [0.717, 1.165) is 16.9 Å². The van der Waals surface area contributed by atoms with Gasteiger partial charge in [0, 0.05) is 11.4 Å². The van der Waals surface area contributed by atoms with Gasteiger partial charge < -0.3 is 11.5 Å². The van der Waals surface area contributed by atoms with Crippen LogP contribution in [0.15, 0.2) is 18.2 Å². The van der Waals surface area contributed by atoms with Gasteiger partial charge in [-0.05, 0) is 36.9 Å². The summed E-state index contributed by atoms with van der Waals surface area (Å²) in [6.45, 7) is 9.94. The molecule has 0 fully saturated rings. The van der Waals surface area contributed by atoms with Crippen molar-refractivity contribution in [1.29, 1.82) is 0 Å². The molecule has 0 spiro atoms. The highest BCUT2D eigenvalue weighted by atomic mass is 32.1. The quantitative estimate of drug-likeness (QED) is 0.469. The summed E-state index contributed by atoms with van der Waals surface area (Å²) in [5.74, 6) is 0. The van der Waals surface area contributed by atoms with Crippen LogP contribution < -0.4 is 11.5 Å². The van der Waals surface area contributed by atoms with Crippen molar-refractivity contribution in [3.63, 3.8) is 0 Å². The molecule has 0 amide bonds. The molecule has 1 aromatic carbocycles. The zero-order chi connectivity index (χ0) is 12.9. The molecule has 2 nitrogen and oxygen atoms in total. The number of nitrogens with two attached hydrogens (primary N) is 2. The molecule has 0 saturated heterocycles. The molecule has 0 atom stereocenters. The Kier molecular flexibility index (Phi) is 20.5. The Balaban J connectivity index is -0.000000208. The first-order valence-corrected chi connectivity index (χ1v) is 6.16. The van der Waals surface area contributed by atoms with Gasteiger partial charge >= 0.3 is 0 Å². The molecule has 0 aliphatic carbocycles. The van der Waals surface area contributed by atoms with Gasteiger partial charge in [-0.3, -0.25) is 0 Å². The molecule has 0 unspecified atom stereocenters. The van der Waals surface area contributed by atoms with Crippen molar-refractivity contribution in [2.24, 2.45) is 0 Å². The highest BCUT2D eigenvalue weighted by Gasteiger charge is 1.90. The maximum atomic E-state index is 5.53. The second-order valence-corrected chi connectivity index (χ2v) is 2.12. The van der Waals surface area contributed by atoms with E-state index < -0.39 is 0 Å². The third-order valence-corrected chi connectivity index (χ3v) is 1.29. The first kappa shape index (κ1) is 19.7. The fraction of sp³-hybridized carbons (Fsp3) is 0.500. The summed E-state index contributed by atoms with van der Waals surface area (Å²) in [6.07, 6.45) is 1.69. The summed E-state index contributed by atoms with van der Waals surface area (Å²) in [5, 5.41) is 0. The van der Waals surface area contributed by atoms with E-state index in [1.54, 1.807) is 12.3 Å². The lowest BCUT2D eigenvalue weighted by Gasteiger charge is -1.98. The third-order valence-electron chi connectivity index (χ3n) is 1.29. The molecule has 0 heterocycles. The molecular weight excluding hydrogens is 204 g/mol. The smallest absolute Gasteiger partial charge is 0.0345 e. The maximum Gasteiger partial charge on any atom is 0.0345 e. The standard InChI is InChI=1S/C7H10N2.2C2H6.CH4S/c1-5-4-6(8)2-3-7(5)9;3*1-2/h2-4H,8-9H2,1H3;2*1-2H3;2H,1H3. The zero-order valence-electron chi connectivity index (χ0n) is 10.8. The number of aryl methyl sites for hydroxylation is 1. The predicted octanol–water partition coefficient (Wildman–Crippen LogP) is 3.76. The highest BCUT2D eigenvalue weighted by Crippen LogP contribution is 2.12. The Morgan fingerprint density at radius 2 is 1.33 bits per heavy atom. The van der Waals surface area contributed by atoms with Gasteiger partial charge in [-0.2, -0.15) is 12.6 Å². The molecule has 0 aromatic heterocycles. The van der Waals surface area contributed by atoms with Crippen molar-refractivity contribution in [2.45, 2.75) is 34.6 Å². The molecule has 0 radical (unpaired) electrons. The molecule has 15 heavy (non-hydrogen) atoms. The van der Waals surface area contributed by atoms with Crippen LogP contribution in [-0.4, -0.2) is 6.26 Å². The first-order chi connectivity index (χ1) is 7.20. The van der Waals surface area contributed by atoms with Gasteiger partial charge in [0.05, 0.1) is 0 Å². The van der Waals surface area contributed by atoms with Gasteiger partial charge in [-0.15, -0.1) is 0 Å². The average molecular weight is 230 g/mol. The van der Waals surface area contributed by atoms with Crippen molar-refractivity contribution >= 4 is 24.0 Å². The second-order valence-electron chi connectivity index (χ2n) is 2.12. The second kappa shape index (κ2) is 15.6. The zero-order valence-corrected chi connectivity index (χ0v) is 11.7. The van der Waals surface area contributed by atoms with E-state index in [-0.39, 0.29) is 0 Å². The minimum absolute atomic E-state index is 0.765. The monoisotopic (exact) mass is 230 g/mol. The van der Waals surface area contributed by atoms with Crippen LogP contribution in [0.1, 0.15) is 33.3 Å². The summed E-state index contributed by atoms with van der Waals surface area (Å²) in [5.41, 5.74) is 13.6. The van der Waals surface area contributed by atoms with E-state index in [2.05, 4.69) is 12.6 Å². The maximum absolute atomic E-state index is 5.53. The Morgan fingerprint density at radius 3 is 1.60 bits per heavy atom. The van der Waals surface area contributed by atoms with Crippen LogP contribution >= 0.6 is 12.6 Å². The van der Waals surface area contributed by atoms with Crippen molar-refractivity contribution in [3.8, 4) is 0 Å². The number of anilines is 2. The van der Waals surface area contributed by atoms with Crippen molar-refractivity contribution < 1.29 is 0 Å². The van der Waals surface area contributed by atoms with Crippen molar-refractivity contribution in [1.82, 2.24) is 0 Å².